The summed E-state index contributed by atoms with van der Waals surface area (Å²) >= 11 is 0. The smallest absolute Gasteiger partial charge is 0.391 e. The van der Waals surface area contributed by atoms with Crippen LogP contribution in [0.3, 0.4) is 0 Å². The summed E-state index contributed by atoms with van der Waals surface area (Å²) in [6.07, 6.45) is -2.66. The molecule has 0 spiro atoms. The van der Waals surface area contributed by atoms with Crippen LogP contribution < -0.4 is 5.32 Å². The van der Waals surface area contributed by atoms with E-state index in [1.807, 2.05) is 0 Å². The maximum absolute atomic E-state index is 12.7. The maximum Gasteiger partial charge on any atom is 0.391 e. The lowest BCUT2D eigenvalue weighted by Crippen LogP contribution is -2.49. The molecule has 0 saturated heterocycles. The minimum atomic E-state index is -4.23. The molecule has 1 amide bonds. The predicted octanol–water partition coefficient (Wildman–Crippen LogP) is 2.33. The van der Waals surface area contributed by atoms with Crippen molar-refractivity contribution in [3.05, 3.63) is 0 Å². The second-order valence-electron chi connectivity index (χ2n) is 5.81. The summed E-state index contributed by atoms with van der Waals surface area (Å²) < 4.78 is 38.0. The van der Waals surface area contributed by atoms with E-state index in [9.17, 15) is 22.8 Å². The van der Waals surface area contributed by atoms with E-state index >= 15 is 0 Å². The molecule has 20 heavy (non-hydrogen) atoms. The third-order valence-electron chi connectivity index (χ3n) is 4.34. The molecule has 0 bridgehead atoms. The summed E-state index contributed by atoms with van der Waals surface area (Å²) in [5, 5.41) is 11.4. The number of carboxylic acid groups (broad SMARTS) is 1. The number of nitrogens with one attached hydrogen (secondary N) is 1. The van der Waals surface area contributed by atoms with Crippen molar-refractivity contribution in [3.8, 4) is 0 Å². The van der Waals surface area contributed by atoms with Gasteiger partial charge in [0.25, 0.3) is 0 Å². The first-order valence-electron chi connectivity index (χ1n) is 6.87. The molecule has 114 valence electrons. The first kappa shape index (κ1) is 15.1. The molecule has 2 aliphatic carbocycles. The van der Waals surface area contributed by atoms with Crippen LogP contribution in [0.4, 0.5) is 13.2 Å². The fourth-order valence-corrected chi connectivity index (χ4v) is 2.98. The third kappa shape index (κ3) is 3.43. The quantitative estimate of drug-likeness (QED) is 0.839. The van der Waals surface area contributed by atoms with Crippen LogP contribution in [-0.2, 0) is 9.59 Å². The Hall–Kier alpha value is -1.27. The van der Waals surface area contributed by atoms with Gasteiger partial charge in [-0.15, -0.1) is 0 Å². The molecule has 2 atom stereocenters. The average molecular weight is 293 g/mol. The molecular formula is C13H18F3NO3. The molecule has 2 rings (SSSR count). The molecule has 2 fully saturated rings. The van der Waals surface area contributed by atoms with Crippen molar-refractivity contribution in [3.63, 3.8) is 0 Å². The summed E-state index contributed by atoms with van der Waals surface area (Å²) in [6, 6.07) is -0.199. The monoisotopic (exact) mass is 293 g/mol. The number of halogens is 3. The topological polar surface area (TPSA) is 66.4 Å². The van der Waals surface area contributed by atoms with E-state index in [-0.39, 0.29) is 24.8 Å². The van der Waals surface area contributed by atoms with E-state index in [0.29, 0.717) is 25.7 Å². The van der Waals surface area contributed by atoms with E-state index in [4.69, 9.17) is 5.11 Å². The Kier molecular flexibility index (Phi) is 4.25. The zero-order valence-corrected chi connectivity index (χ0v) is 10.9. The first-order valence-corrected chi connectivity index (χ1v) is 6.87. The molecule has 0 aromatic rings. The molecule has 4 nitrogen and oxygen atoms in total. The second-order valence-corrected chi connectivity index (χ2v) is 5.81. The molecule has 0 aliphatic heterocycles. The fourth-order valence-electron chi connectivity index (χ4n) is 2.98. The van der Waals surface area contributed by atoms with E-state index in [1.54, 1.807) is 0 Å². The molecule has 2 aliphatic rings. The summed E-state index contributed by atoms with van der Waals surface area (Å²) in [5.41, 5.74) is 0. The zero-order valence-electron chi connectivity index (χ0n) is 10.9. The summed E-state index contributed by atoms with van der Waals surface area (Å²) in [4.78, 5) is 22.6. The molecule has 0 unspecified atom stereocenters. The van der Waals surface area contributed by atoms with Crippen molar-refractivity contribution < 1.29 is 27.9 Å². The largest absolute Gasteiger partial charge is 0.481 e. The van der Waals surface area contributed by atoms with Crippen LogP contribution in [0.15, 0.2) is 0 Å². The Morgan fingerprint density at radius 1 is 1.05 bits per heavy atom. The standard InChI is InChI=1S/C13H18F3NO3/c14-13(15,16)9-3-1-2-7(4-9)11(18)17-10-5-8(6-10)12(19)20/h7-10H,1-6H2,(H,17,18)(H,19,20)/t7-,8?,9+,10?/m0/s1. The number of rotatable bonds is 3. The van der Waals surface area contributed by atoms with E-state index in [2.05, 4.69) is 5.32 Å². The van der Waals surface area contributed by atoms with Crippen molar-refractivity contribution in [2.75, 3.05) is 0 Å². The third-order valence-corrected chi connectivity index (χ3v) is 4.34. The number of amides is 1. The highest BCUT2D eigenvalue weighted by Crippen LogP contribution is 2.40. The highest BCUT2D eigenvalue weighted by atomic mass is 19.4. The first-order chi connectivity index (χ1) is 9.27. The van der Waals surface area contributed by atoms with Crippen LogP contribution in [0.2, 0.25) is 0 Å². The Labute approximate surface area is 114 Å². The molecule has 2 saturated carbocycles. The minimum Gasteiger partial charge on any atom is -0.481 e. The lowest BCUT2D eigenvalue weighted by Gasteiger charge is -2.35. The van der Waals surface area contributed by atoms with Crippen LogP contribution >= 0.6 is 0 Å². The number of hydrogen-bond donors (Lipinski definition) is 2. The molecule has 0 aromatic heterocycles. The highest BCUT2D eigenvalue weighted by molar-refractivity contribution is 5.80. The van der Waals surface area contributed by atoms with Gasteiger partial charge in [-0.1, -0.05) is 6.42 Å². The van der Waals surface area contributed by atoms with Gasteiger partial charge in [0.1, 0.15) is 0 Å². The second kappa shape index (κ2) is 5.61. The average Bonchev–Trinajstić information content (AvgIpc) is 2.31. The van der Waals surface area contributed by atoms with Crippen molar-refractivity contribution in [2.24, 2.45) is 17.8 Å². The van der Waals surface area contributed by atoms with Gasteiger partial charge in [-0.3, -0.25) is 9.59 Å². The van der Waals surface area contributed by atoms with Gasteiger partial charge in [0.2, 0.25) is 5.91 Å². The molecule has 0 radical (unpaired) electrons. The summed E-state index contributed by atoms with van der Waals surface area (Å²) in [5.74, 6) is -3.66. The molecule has 2 N–H and O–H groups in total. The van der Waals surface area contributed by atoms with Gasteiger partial charge >= 0.3 is 12.1 Å². The van der Waals surface area contributed by atoms with Crippen molar-refractivity contribution in [1.82, 2.24) is 5.32 Å². The maximum atomic E-state index is 12.7. The normalized spacial score (nSPS) is 34.1. The number of alkyl halides is 3. The Balaban J connectivity index is 1.80. The van der Waals surface area contributed by atoms with Gasteiger partial charge in [-0.05, 0) is 32.1 Å². The minimum absolute atomic E-state index is 0.0950. The van der Waals surface area contributed by atoms with Crippen molar-refractivity contribution >= 4 is 11.9 Å². The number of carboxylic acids is 1. The Morgan fingerprint density at radius 2 is 1.70 bits per heavy atom. The number of hydrogen-bond acceptors (Lipinski definition) is 2. The summed E-state index contributed by atoms with van der Waals surface area (Å²) in [6.45, 7) is 0. The van der Waals surface area contributed by atoms with Crippen LogP contribution in [0.5, 0.6) is 0 Å². The van der Waals surface area contributed by atoms with Crippen LogP contribution in [0, 0.1) is 17.8 Å². The predicted molar refractivity (Wildman–Crippen MR) is 63.8 cm³/mol. The zero-order chi connectivity index (χ0) is 14.9. The Bertz CT molecular complexity index is 391. The van der Waals surface area contributed by atoms with Gasteiger partial charge in [-0.2, -0.15) is 13.2 Å². The number of aliphatic carboxylic acids is 1. The van der Waals surface area contributed by atoms with Crippen molar-refractivity contribution in [1.29, 1.82) is 0 Å². The number of carbonyl (C=O) groups excluding carboxylic acids is 1. The van der Waals surface area contributed by atoms with Gasteiger partial charge in [0, 0.05) is 12.0 Å². The van der Waals surface area contributed by atoms with Gasteiger partial charge in [-0.25, -0.2) is 0 Å². The van der Waals surface area contributed by atoms with Gasteiger partial charge in [0.05, 0.1) is 11.8 Å². The molecule has 0 aromatic carbocycles. The van der Waals surface area contributed by atoms with Gasteiger partial charge < -0.3 is 10.4 Å². The summed E-state index contributed by atoms with van der Waals surface area (Å²) in [7, 11) is 0. The molecular weight excluding hydrogens is 275 g/mol. The van der Waals surface area contributed by atoms with E-state index in [1.165, 1.54) is 0 Å². The lowest BCUT2D eigenvalue weighted by atomic mass is 9.78. The van der Waals surface area contributed by atoms with E-state index in [0.717, 1.165) is 0 Å². The fraction of sp³-hybridized carbons (Fsp3) is 0.846. The highest BCUT2D eigenvalue weighted by Gasteiger charge is 2.44. The molecule has 0 heterocycles. The Morgan fingerprint density at radius 3 is 2.25 bits per heavy atom. The van der Waals surface area contributed by atoms with Crippen LogP contribution in [-0.4, -0.2) is 29.2 Å². The van der Waals surface area contributed by atoms with E-state index < -0.39 is 29.9 Å². The van der Waals surface area contributed by atoms with Crippen LogP contribution in [0.25, 0.3) is 0 Å². The SMILES string of the molecule is O=C(O)C1CC(NC(=O)[C@H]2CCC[C@@H](C(F)(F)F)C2)C1. The van der Waals surface area contributed by atoms with Crippen molar-refractivity contribution in [2.45, 2.75) is 50.7 Å². The van der Waals surface area contributed by atoms with Crippen LogP contribution in [0.1, 0.15) is 38.5 Å². The lowest BCUT2D eigenvalue weighted by molar-refractivity contribution is -0.186. The number of carbonyl (C=O) groups is 2. The van der Waals surface area contributed by atoms with Gasteiger partial charge in [0.15, 0.2) is 0 Å². The molecule has 7 heteroatoms.